The molecule has 0 aliphatic carbocycles. The first-order valence-corrected chi connectivity index (χ1v) is 5.61. The van der Waals surface area contributed by atoms with Gasteiger partial charge in [0.25, 0.3) is 0 Å². The first-order valence-electron chi connectivity index (χ1n) is 5.61. The molecule has 0 aliphatic rings. The molecule has 1 rings (SSSR count). The summed E-state index contributed by atoms with van der Waals surface area (Å²) in [4.78, 5) is 11.4. The minimum Gasteiger partial charge on any atom is -0.295 e. The average molecular weight is 256 g/mol. The lowest BCUT2D eigenvalue weighted by Crippen LogP contribution is -2.05. The Balaban J connectivity index is 3.06. The Kier molecular flexibility index (Phi) is 4.33. The lowest BCUT2D eigenvalue weighted by Gasteiger charge is -2.09. The van der Waals surface area contributed by atoms with Gasteiger partial charge in [-0.15, -0.1) is 0 Å². The third-order valence-corrected chi connectivity index (χ3v) is 2.59. The van der Waals surface area contributed by atoms with Gasteiger partial charge in [0.2, 0.25) is 0 Å². The highest BCUT2D eigenvalue weighted by Gasteiger charge is 2.29. The van der Waals surface area contributed by atoms with E-state index in [0.717, 1.165) is 12.1 Å². The second-order valence-electron chi connectivity index (χ2n) is 4.43. The second-order valence-corrected chi connectivity index (χ2v) is 4.43. The summed E-state index contributed by atoms with van der Waals surface area (Å²) in [6.07, 6.45) is -2.70. The van der Waals surface area contributed by atoms with Gasteiger partial charge in [0, 0.05) is 0 Å². The highest BCUT2D eigenvalue weighted by molar-refractivity contribution is 5.98. The molecule has 0 amide bonds. The Morgan fingerprint density at radius 3 is 2.00 bits per heavy atom. The first kappa shape index (κ1) is 14.5. The minimum atomic E-state index is -4.33. The molecule has 0 fully saturated rings. The number of benzene rings is 1. The predicted molar refractivity (Wildman–Crippen MR) is 64.9 cm³/mol. The quantitative estimate of drug-likeness (QED) is 0.735. The zero-order valence-electron chi connectivity index (χ0n) is 10.5. The van der Waals surface area contributed by atoms with Crippen molar-refractivity contribution in [3.8, 4) is 0 Å². The fraction of sp³-hybridized carbons (Fsp3) is 0.357. The van der Waals surface area contributed by atoms with Gasteiger partial charge in [-0.3, -0.25) is 4.79 Å². The molecule has 0 aliphatic heterocycles. The van der Waals surface area contributed by atoms with Gasteiger partial charge in [0.1, 0.15) is 0 Å². The molecule has 98 valence electrons. The summed E-state index contributed by atoms with van der Waals surface area (Å²) in [6, 6.07) is 4.77. The smallest absolute Gasteiger partial charge is 0.295 e. The van der Waals surface area contributed by atoms with E-state index in [-0.39, 0.29) is 11.7 Å². The van der Waals surface area contributed by atoms with Crippen LogP contribution in [0.5, 0.6) is 0 Å². The molecule has 0 bridgehead atoms. The van der Waals surface area contributed by atoms with Crippen molar-refractivity contribution in [3.63, 3.8) is 0 Å². The topological polar surface area (TPSA) is 17.1 Å². The molecular formula is C14H15F3O. The normalized spacial score (nSPS) is 12.9. The summed E-state index contributed by atoms with van der Waals surface area (Å²) in [5.41, 5.74) is 0.519. The second kappa shape index (κ2) is 5.38. The van der Waals surface area contributed by atoms with Gasteiger partial charge in [0.15, 0.2) is 5.78 Å². The van der Waals surface area contributed by atoms with Crippen molar-refractivity contribution >= 4 is 11.9 Å². The zero-order chi connectivity index (χ0) is 13.9. The van der Waals surface area contributed by atoms with Crippen molar-refractivity contribution in [1.29, 1.82) is 0 Å². The highest BCUT2D eigenvalue weighted by atomic mass is 19.4. The Labute approximate surface area is 104 Å². The maximum atomic E-state index is 12.4. The zero-order valence-corrected chi connectivity index (χ0v) is 10.5. The summed E-state index contributed by atoms with van der Waals surface area (Å²) in [5.74, 6) is -0.0188. The van der Waals surface area contributed by atoms with Gasteiger partial charge in [0.05, 0.1) is 5.56 Å². The van der Waals surface area contributed by atoms with E-state index in [1.165, 1.54) is 19.1 Å². The number of allylic oxidation sites excluding steroid dienone is 1. The van der Waals surface area contributed by atoms with Crippen LogP contribution < -0.4 is 0 Å². The van der Waals surface area contributed by atoms with E-state index in [2.05, 4.69) is 0 Å². The van der Waals surface area contributed by atoms with Crippen LogP contribution in [0.4, 0.5) is 13.2 Å². The van der Waals surface area contributed by atoms with Crippen LogP contribution in [0.15, 0.2) is 29.8 Å². The largest absolute Gasteiger partial charge is 0.416 e. The highest BCUT2D eigenvalue weighted by Crippen LogP contribution is 2.29. The number of ketones is 1. The molecule has 0 saturated carbocycles. The van der Waals surface area contributed by atoms with Gasteiger partial charge in [-0.2, -0.15) is 13.2 Å². The Morgan fingerprint density at radius 2 is 1.67 bits per heavy atom. The number of carbonyl (C=O) groups excluding carboxylic acids is 1. The number of rotatable bonds is 3. The van der Waals surface area contributed by atoms with Crippen LogP contribution in [0.2, 0.25) is 0 Å². The molecule has 1 nitrogen and oxygen atoms in total. The molecule has 0 aromatic heterocycles. The number of Topliss-reactive ketones (excluding diaryl/α,β-unsaturated/α-hetero) is 1. The predicted octanol–water partition coefficient (Wildman–Crippen LogP) is 4.33. The van der Waals surface area contributed by atoms with Crippen molar-refractivity contribution < 1.29 is 18.0 Å². The third kappa shape index (κ3) is 3.72. The van der Waals surface area contributed by atoms with E-state index in [1.54, 1.807) is 6.08 Å². The first-order chi connectivity index (χ1) is 8.21. The van der Waals surface area contributed by atoms with Crippen LogP contribution >= 0.6 is 0 Å². The molecule has 0 atom stereocenters. The van der Waals surface area contributed by atoms with Gasteiger partial charge in [-0.05, 0) is 42.2 Å². The fourth-order valence-corrected chi connectivity index (χ4v) is 1.62. The van der Waals surface area contributed by atoms with E-state index in [4.69, 9.17) is 0 Å². The average Bonchev–Trinajstić information content (AvgIpc) is 2.24. The van der Waals surface area contributed by atoms with Gasteiger partial charge < -0.3 is 0 Å². The molecule has 0 spiro atoms. The maximum absolute atomic E-state index is 12.4. The van der Waals surface area contributed by atoms with Crippen LogP contribution in [0.1, 0.15) is 31.9 Å². The summed E-state index contributed by atoms with van der Waals surface area (Å²) >= 11 is 0. The molecule has 0 saturated heterocycles. The molecule has 1 aromatic carbocycles. The van der Waals surface area contributed by atoms with Gasteiger partial charge in [-0.25, -0.2) is 0 Å². The molecular weight excluding hydrogens is 241 g/mol. The summed E-state index contributed by atoms with van der Waals surface area (Å²) < 4.78 is 37.1. The van der Waals surface area contributed by atoms with Crippen LogP contribution in [0, 0.1) is 5.92 Å². The molecule has 4 heteroatoms. The van der Waals surface area contributed by atoms with Gasteiger partial charge >= 0.3 is 6.18 Å². The number of halogens is 3. The van der Waals surface area contributed by atoms with E-state index in [0.29, 0.717) is 11.1 Å². The third-order valence-electron chi connectivity index (χ3n) is 2.59. The molecule has 0 radical (unpaired) electrons. The molecule has 0 N–H and O–H groups in total. The van der Waals surface area contributed by atoms with E-state index in [9.17, 15) is 18.0 Å². The van der Waals surface area contributed by atoms with E-state index < -0.39 is 11.7 Å². The van der Waals surface area contributed by atoms with E-state index >= 15 is 0 Å². The Bertz CT molecular complexity index is 453. The molecule has 1 aromatic rings. The van der Waals surface area contributed by atoms with Crippen molar-refractivity contribution in [2.45, 2.75) is 26.9 Å². The van der Waals surface area contributed by atoms with Crippen molar-refractivity contribution in [2.75, 3.05) is 0 Å². The van der Waals surface area contributed by atoms with Crippen LogP contribution in [0.3, 0.4) is 0 Å². The summed E-state index contributed by atoms with van der Waals surface area (Å²) in [7, 11) is 0. The number of hydrogen-bond acceptors (Lipinski definition) is 1. The number of hydrogen-bond donors (Lipinski definition) is 0. The van der Waals surface area contributed by atoms with Crippen molar-refractivity contribution in [2.24, 2.45) is 5.92 Å². The minimum absolute atomic E-state index is 0.0461. The van der Waals surface area contributed by atoms with Crippen LogP contribution in [-0.2, 0) is 11.0 Å². The fourth-order valence-electron chi connectivity index (χ4n) is 1.62. The monoisotopic (exact) mass is 256 g/mol. The standard InChI is InChI=1S/C14H15F3O/c1-9(2)13(10(3)18)8-11-4-6-12(7-5-11)14(15,16)17/h4-9H,1-3H3/b13-8+. The van der Waals surface area contributed by atoms with Crippen molar-refractivity contribution in [1.82, 2.24) is 0 Å². The summed E-state index contributed by atoms with van der Waals surface area (Å²) in [5, 5.41) is 0. The molecule has 0 heterocycles. The van der Waals surface area contributed by atoms with Crippen molar-refractivity contribution in [3.05, 3.63) is 41.0 Å². The van der Waals surface area contributed by atoms with Crippen LogP contribution in [-0.4, -0.2) is 5.78 Å². The van der Waals surface area contributed by atoms with Gasteiger partial charge in [-0.1, -0.05) is 26.0 Å². The number of alkyl halides is 3. The lowest BCUT2D eigenvalue weighted by atomic mass is 9.97. The maximum Gasteiger partial charge on any atom is 0.416 e. The van der Waals surface area contributed by atoms with Crippen LogP contribution in [0.25, 0.3) is 6.08 Å². The Hall–Kier alpha value is -1.58. The number of carbonyl (C=O) groups is 1. The van der Waals surface area contributed by atoms with E-state index in [1.807, 2.05) is 13.8 Å². The molecule has 18 heavy (non-hydrogen) atoms. The molecule has 0 unspecified atom stereocenters. The Morgan fingerprint density at radius 1 is 1.17 bits per heavy atom. The summed E-state index contributed by atoms with van der Waals surface area (Å²) in [6.45, 7) is 5.20. The SMILES string of the molecule is CC(=O)/C(=C/c1ccc(C(F)(F)F)cc1)C(C)C. The lowest BCUT2D eigenvalue weighted by molar-refractivity contribution is -0.137.